The first kappa shape index (κ1) is 43.3. The van der Waals surface area contributed by atoms with E-state index in [0.717, 1.165) is 24.3 Å². The SMILES string of the molecule is CC(C)c1cc(C(C)C)c(-c2ccccc2P(C2CCCCC2)C2CCCCC2)c(C(C)C)c1.NCCc1ccccc1.[Cl-].[Cl-].[Pd+2]. The van der Waals surface area contributed by atoms with Crippen molar-refractivity contribution >= 4 is 13.2 Å². The van der Waals surface area contributed by atoms with Gasteiger partial charge in [-0.2, -0.15) is 0 Å². The second kappa shape index (κ2) is 22.1. The summed E-state index contributed by atoms with van der Waals surface area (Å²) in [6.07, 6.45) is 15.6. The molecule has 2 aliphatic rings. The number of nitrogens with two attached hydrogens (primary N) is 1. The number of rotatable bonds is 9. The minimum atomic E-state index is -0.120. The molecule has 0 unspecified atom stereocenters. The van der Waals surface area contributed by atoms with E-state index < -0.39 is 0 Å². The summed E-state index contributed by atoms with van der Waals surface area (Å²) in [6.45, 7) is 15.1. The normalized spacial score (nSPS) is 15.5. The number of halogens is 2. The summed E-state index contributed by atoms with van der Waals surface area (Å²) >= 11 is 0. The van der Waals surface area contributed by atoms with Gasteiger partial charge in [0.2, 0.25) is 0 Å². The molecule has 0 spiro atoms. The van der Waals surface area contributed by atoms with Crippen LogP contribution in [0.1, 0.15) is 146 Å². The van der Waals surface area contributed by atoms with Crippen LogP contribution in [0.5, 0.6) is 0 Å². The van der Waals surface area contributed by atoms with Crippen molar-refractivity contribution in [1.82, 2.24) is 0 Å². The zero-order valence-corrected chi connectivity index (χ0v) is 33.3. The molecular formula is C41H60Cl2NPPd. The molecular weight excluding hydrogens is 715 g/mol. The Labute approximate surface area is 310 Å². The van der Waals surface area contributed by atoms with Gasteiger partial charge in [-0.3, -0.25) is 0 Å². The van der Waals surface area contributed by atoms with Gasteiger partial charge in [0, 0.05) is 0 Å². The van der Waals surface area contributed by atoms with Crippen molar-refractivity contribution in [3.05, 3.63) is 89.0 Å². The minimum absolute atomic E-state index is 0. The van der Waals surface area contributed by atoms with E-state index in [1.165, 1.54) is 75.3 Å². The summed E-state index contributed by atoms with van der Waals surface area (Å²) in [5, 5.41) is 1.75. The van der Waals surface area contributed by atoms with Gasteiger partial charge in [0.1, 0.15) is 0 Å². The predicted molar refractivity (Wildman–Crippen MR) is 194 cm³/mol. The molecule has 46 heavy (non-hydrogen) atoms. The number of hydrogen-bond donors (Lipinski definition) is 1. The van der Waals surface area contributed by atoms with E-state index in [1.54, 1.807) is 27.6 Å². The maximum Gasteiger partial charge on any atom is 2.00 e. The van der Waals surface area contributed by atoms with E-state index in [4.69, 9.17) is 5.73 Å². The van der Waals surface area contributed by atoms with Crippen molar-refractivity contribution in [2.24, 2.45) is 5.73 Å². The topological polar surface area (TPSA) is 26.0 Å². The van der Waals surface area contributed by atoms with Crippen LogP contribution >= 0.6 is 7.92 Å². The van der Waals surface area contributed by atoms with E-state index in [2.05, 4.69) is 90.1 Å². The van der Waals surface area contributed by atoms with Gasteiger partial charge in [-0.05, 0) is 106 Å². The van der Waals surface area contributed by atoms with Crippen LogP contribution in [0.3, 0.4) is 0 Å². The second-order valence-corrected chi connectivity index (χ2v) is 16.8. The summed E-state index contributed by atoms with van der Waals surface area (Å²) < 4.78 is 0. The van der Waals surface area contributed by atoms with Crippen LogP contribution in [-0.2, 0) is 26.8 Å². The van der Waals surface area contributed by atoms with Crippen LogP contribution in [0.15, 0.2) is 66.7 Å². The van der Waals surface area contributed by atoms with Gasteiger partial charge in [-0.1, -0.05) is 155 Å². The Morgan fingerprint density at radius 2 is 1.09 bits per heavy atom. The Morgan fingerprint density at radius 1 is 0.630 bits per heavy atom. The summed E-state index contributed by atoms with van der Waals surface area (Å²) in [6, 6.07) is 25.1. The first-order valence-electron chi connectivity index (χ1n) is 17.6. The van der Waals surface area contributed by atoms with E-state index in [-0.39, 0.29) is 53.2 Å². The molecule has 3 aromatic rings. The molecule has 0 amide bonds. The Bertz CT molecular complexity index is 1200. The third kappa shape index (κ3) is 11.7. The van der Waals surface area contributed by atoms with Crippen LogP contribution in [0.4, 0.5) is 0 Å². The average molecular weight is 775 g/mol. The zero-order chi connectivity index (χ0) is 30.8. The molecule has 5 heteroatoms. The van der Waals surface area contributed by atoms with Crippen LogP contribution in [0.25, 0.3) is 11.1 Å². The van der Waals surface area contributed by atoms with Crippen molar-refractivity contribution in [1.29, 1.82) is 0 Å². The molecule has 2 fully saturated rings. The van der Waals surface area contributed by atoms with E-state index in [0.29, 0.717) is 17.8 Å². The van der Waals surface area contributed by atoms with Gasteiger partial charge in [-0.25, -0.2) is 0 Å². The molecule has 0 heterocycles. The fraction of sp³-hybridized carbons (Fsp3) is 0.561. The van der Waals surface area contributed by atoms with Crippen molar-refractivity contribution in [2.75, 3.05) is 6.54 Å². The van der Waals surface area contributed by atoms with E-state index in [1.807, 2.05) is 18.2 Å². The molecule has 3 aromatic carbocycles. The first-order chi connectivity index (χ1) is 20.8. The standard InChI is InChI=1S/C33H49P.C8H11N.2ClH.Pd/c1-23(2)26-21-30(24(3)4)33(31(22-26)25(5)6)29-19-13-14-20-32(29)34(27-15-9-7-10-16-27)28-17-11-8-12-18-28;9-7-6-8-4-2-1-3-5-8;;;/h13-14,19-25,27-28H,7-12,15-18H2,1-6H3;1-5H,6-7,9H2;2*1H;/q;;;;+2/p-2. The van der Waals surface area contributed by atoms with E-state index >= 15 is 0 Å². The minimum Gasteiger partial charge on any atom is -1.00 e. The Hall–Kier alpha value is -0.708. The zero-order valence-electron chi connectivity index (χ0n) is 29.3. The second-order valence-electron chi connectivity index (χ2n) is 14.1. The number of hydrogen-bond acceptors (Lipinski definition) is 1. The fourth-order valence-corrected chi connectivity index (χ4v) is 11.3. The van der Waals surface area contributed by atoms with Crippen LogP contribution < -0.4 is 35.9 Å². The predicted octanol–water partition coefficient (Wildman–Crippen LogP) is 5.69. The van der Waals surface area contributed by atoms with Gasteiger partial charge < -0.3 is 30.5 Å². The summed E-state index contributed by atoms with van der Waals surface area (Å²) in [4.78, 5) is 0. The average Bonchev–Trinajstić information content (AvgIpc) is 3.03. The molecule has 2 saturated carbocycles. The molecule has 2 N–H and O–H groups in total. The molecule has 0 saturated heterocycles. The van der Waals surface area contributed by atoms with Gasteiger partial charge in [0.15, 0.2) is 0 Å². The Kier molecular flexibility index (Phi) is 20.8. The van der Waals surface area contributed by atoms with Crippen molar-refractivity contribution < 1.29 is 45.2 Å². The van der Waals surface area contributed by atoms with Crippen LogP contribution in [0, 0.1) is 0 Å². The fourth-order valence-electron chi connectivity index (χ4n) is 7.40. The maximum absolute atomic E-state index is 5.36. The Morgan fingerprint density at radius 3 is 1.52 bits per heavy atom. The summed E-state index contributed by atoms with van der Waals surface area (Å²) in [5.41, 5.74) is 16.4. The molecule has 258 valence electrons. The van der Waals surface area contributed by atoms with Crippen molar-refractivity contribution in [3.8, 4) is 11.1 Å². The molecule has 2 aliphatic carbocycles. The Balaban J connectivity index is 0.000000765. The van der Waals surface area contributed by atoms with Crippen molar-refractivity contribution in [2.45, 2.75) is 141 Å². The van der Waals surface area contributed by atoms with Gasteiger partial charge in [-0.15, -0.1) is 0 Å². The van der Waals surface area contributed by atoms with E-state index in [9.17, 15) is 0 Å². The van der Waals surface area contributed by atoms with Crippen LogP contribution in [0.2, 0.25) is 0 Å². The molecule has 0 aliphatic heterocycles. The largest absolute Gasteiger partial charge is 2.00 e. The third-order valence-corrected chi connectivity index (χ3v) is 13.3. The van der Waals surface area contributed by atoms with Gasteiger partial charge in [0.05, 0.1) is 0 Å². The summed E-state index contributed by atoms with van der Waals surface area (Å²) in [5.74, 6) is 1.64. The molecule has 0 radical (unpaired) electrons. The molecule has 0 aromatic heterocycles. The first-order valence-corrected chi connectivity index (χ1v) is 19.1. The maximum atomic E-state index is 5.36. The van der Waals surface area contributed by atoms with Crippen molar-refractivity contribution in [3.63, 3.8) is 0 Å². The summed E-state index contributed by atoms with van der Waals surface area (Å²) in [7, 11) is -0.120. The monoisotopic (exact) mass is 773 g/mol. The smallest absolute Gasteiger partial charge is 1.00 e. The molecule has 1 nitrogen and oxygen atoms in total. The molecule has 5 rings (SSSR count). The molecule has 0 atom stereocenters. The quantitative estimate of drug-likeness (QED) is 0.220. The van der Waals surface area contributed by atoms with Gasteiger partial charge in [0.25, 0.3) is 0 Å². The van der Waals surface area contributed by atoms with Gasteiger partial charge >= 0.3 is 20.4 Å². The number of benzene rings is 3. The van der Waals surface area contributed by atoms with Crippen LogP contribution in [-0.4, -0.2) is 17.9 Å². The third-order valence-electron chi connectivity index (χ3n) is 9.80. The molecule has 0 bridgehead atoms.